The zero-order chi connectivity index (χ0) is 7.73. The number of hydrogen-bond donors (Lipinski definition) is 0. The van der Waals surface area contributed by atoms with E-state index in [4.69, 9.17) is 9.47 Å². The van der Waals surface area contributed by atoms with Crippen LogP contribution in [0, 0.1) is 12.8 Å². The van der Waals surface area contributed by atoms with Gasteiger partial charge in [0.1, 0.15) is 0 Å². The summed E-state index contributed by atoms with van der Waals surface area (Å²) >= 11 is 0. The largest absolute Gasteiger partial charge is 0.348 e. The van der Waals surface area contributed by atoms with Gasteiger partial charge in [0.25, 0.3) is 0 Å². The maximum absolute atomic E-state index is 5.58. The average Bonchev–Trinajstić information content (AvgIpc) is 2.45. The first-order valence-corrected chi connectivity index (χ1v) is 4.42. The summed E-state index contributed by atoms with van der Waals surface area (Å²) in [5, 5.41) is 0. The Morgan fingerprint density at radius 1 is 1.09 bits per heavy atom. The van der Waals surface area contributed by atoms with Gasteiger partial charge < -0.3 is 9.47 Å². The summed E-state index contributed by atoms with van der Waals surface area (Å²) in [5.74, 6) is 0.433. The standard InChI is InChI=1S/C9H15O2/c1-8-2-4-9(5-3-8)10-6-7-11-9/h8H,1-7H2. The second kappa shape index (κ2) is 2.76. The molecule has 63 valence electrons. The molecule has 1 aliphatic carbocycles. The first-order chi connectivity index (χ1) is 5.31. The van der Waals surface area contributed by atoms with Gasteiger partial charge in [0.2, 0.25) is 0 Å². The van der Waals surface area contributed by atoms with Crippen LogP contribution in [0.5, 0.6) is 0 Å². The third-order valence-electron chi connectivity index (χ3n) is 2.68. The SMILES string of the molecule is [CH2]C1CCC2(CC1)OCCO2. The molecule has 0 atom stereocenters. The lowest BCUT2D eigenvalue weighted by molar-refractivity contribution is -0.180. The van der Waals surface area contributed by atoms with Crippen molar-refractivity contribution >= 4 is 0 Å². The van der Waals surface area contributed by atoms with Crippen LogP contribution in [0.1, 0.15) is 25.7 Å². The summed E-state index contributed by atoms with van der Waals surface area (Å²) in [6.45, 7) is 5.60. The van der Waals surface area contributed by atoms with E-state index in [9.17, 15) is 0 Å². The third-order valence-corrected chi connectivity index (χ3v) is 2.68. The van der Waals surface area contributed by atoms with E-state index in [-0.39, 0.29) is 5.79 Å². The molecule has 2 heteroatoms. The van der Waals surface area contributed by atoms with E-state index in [1.165, 1.54) is 0 Å². The Balaban J connectivity index is 1.94. The topological polar surface area (TPSA) is 18.5 Å². The maximum atomic E-state index is 5.58. The van der Waals surface area contributed by atoms with E-state index in [1.54, 1.807) is 0 Å². The lowest BCUT2D eigenvalue weighted by Crippen LogP contribution is -2.34. The van der Waals surface area contributed by atoms with Crippen LogP contribution in [0.2, 0.25) is 0 Å². The van der Waals surface area contributed by atoms with Crippen molar-refractivity contribution in [3.05, 3.63) is 6.92 Å². The predicted molar refractivity (Wildman–Crippen MR) is 42.0 cm³/mol. The van der Waals surface area contributed by atoms with Crippen LogP contribution in [-0.4, -0.2) is 19.0 Å². The zero-order valence-corrected chi connectivity index (χ0v) is 6.84. The summed E-state index contributed by atoms with van der Waals surface area (Å²) in [4.78, 5) is 0. The van der Waals surface area contributed by atoms with Crippen molar-refractivity contribution in [2.75, 3.05) is 13.2 Å². The molecule has 1 radical (unpaired) electrons. The molecule has 1 spiro atoms. The van der Waals surface area contributed by atoms with Crippen LogP contribution >= 0.6 is 0 Å². The quantitative estimate of drug-likeness (QED) is 0.530. The molecule has 0 aromatic carbocycles. The Morgan fingerprint density at radius 2 is 1.64 bits per heavy atom. The molecule has 0 unspecified atom stereocenters. The molecule has 0 bridgehead atoms. The fraction of sp³-hybridized carbons (Fsp3) is 0.889. The Hall–Kier alpha value is -0.0800. The summed E-state index contributed by atoms with van der Waals surface area (Å²) in [6, 6.07) is 0. The molecule has 2 aliphatic rings. The highest BCUT2D eigenvalue weighted by atomic mass is 16.7. The van der Waals surface area contributed by atoms with Crippen molar-refractivity contribution < 1.29 is 9.47 Å². The maximum Gasteiger partial charge on any atom is 0.168 e. The molecule has 1 saturated heterocycles. The predicted octanol–water partition coefficient (Wildman–Crippen LogP) is 1.75. The molecule has 0 aromatic rings. The van der Waals surface area contributed by atoms with E-state index in [0.29, 0.717) is 5.92 Å². The van der Waals surface area contributed by atoms with Crippen molar-refractivity contribution in [3.63, 3.8) is 0 Å². The van der Waals surface area contributed by atoms with Crippen LogP contribution in [0.4, 0.5) is 0 Å². The van der Waals surface area contributed by atoms with Gasteiger partial charge in [0, 0.05) is 12.8 Å². The molecule has 1 heterocycles. The molecule has 2 nitrogen and oxygen atoms in total. The van der Waals surface area contributed by atoms with Crippen LogP contribution in [-0.2, 0) is 9.47 Å². The molecule has 0 amide bonds. The molecule has 2 rings (SSSR count). The monoisotopic (exact) mass is 155 g/mol. The van der Waals surface area contributed by atoms with Gasteiger partial charge in [-0.15, -0.1) is 0 Å². The molecule has 0 aromatic heterocycles. The van der Waals surface area contributed by atoms with E-state index in [0.717, 1.165) is 38.9 Å². The van der Waals surface area contributed by atoms with Crippen molar-refractivity contribution in [3.8, 4) is 0 Å². The van der Waals surface area contributed by atoms with E-state index in [2.05, 4.69) is 6.92 Å². The highest BCUT2D eigenvalue weighted by Gasteiger charge is 2.39. The number of rotatable bonds is 0. The minimum atomic E-state index is -0.186. The van der Waals surface area contributed by atoms with Crippen molar-refractivity contribution in [1.29, 1.82) is 0 Å². The van der Waals surface area contributed by atoms with Gasteiger partial charge in [0.05, 0.1) is 13.2 Å². The lowest BCUT2D eigenvalue weighted by Gasteiger charge is -2.33. The Bertz CT molecular complexity index is 128. The fourth-order valence-electron chi connectivity index (χ4n) is 1.90. The molecular formula is C9H15O2. The Kier molecular flexibility index (Phi) is 1.90. The van der Waals surface area contributed by atoms with Crippen LogP contribution in [0.25, 0.3) is 0 Å². The van der Waals surface area contributed by atoms with Crippen molar-refractivity contribution in [2.45, 2.75) is 31.5 Å². The van der Waals surface area contributed by atoms with Gasteiger partial charge in [-0.05, 0) is 18.8 Å². The first kappa shape index (κ1) is 7.56. The van der Waals surface area contributed by atoms with Gasteiger partial charge >= 0.3 is 0 Å². The smallest absolute Gasteiger partial charge is 0.168 e. The molecular weight excluding hydrogens is 140 g/mol. The third kappa shape index (κ3) is 1.42. The number of hydrogen-bond acceptors (Lipinski definition) is 2. The van der Waals surface area contributed by atoms with Gasteiger partial charge in [-0.3, -0.25) is 0 Å². The second-order valence-corrected chi connectivity index (χ2v) is 3.55. The van der Waals surface area contributed by atoms with E-state index in [1.807, 2.05) is 0 Å². The van der Waals surface area contributed by atoms with E-state index < -0.39 is 0 Å². The van der Waals surface area contributed by atoms with E-state index >= 15 is 0 Å². The number of ether oxygens (including phenoxy) is 2. The molecule has 1 aliphatic heterocycles. The summed E-state index contributed by atoms with van der Waals surface area (Å²) < 4.78 is 11.2. The highest BCUT2D eigenvalue weighted by Crippen LogP contribution is 2.37. The molecule has 0 N–H and O–H groups in total. The summed E-state index contributed by atoms with van der Waals surface area (Å²) in [6.07, 6.45) is 4.39. The summed E-state index contributed by atoms with van der Waals surface area (Å²) in [7, 11) is 0. The minimum Gasteiger partial charge on any atom is -0.348 e. The van der Waals surface area contributed by atoms with Crippen molar-refractivity contribution in [2.24, 2.45) is 5.92 Å². The van der Waals surface area contributed by atoms with Crippen molar-refractivity contribution in [1.82, 2.24) is 0 Å². The van der Waals surface area contributed by atoms with Crippen LogP contribution in [0.15, 0.2) is 0 Å². The molecule has 11 heavy (non-hydrogen) atoms. The lowest BCUT2D eigenvalue weighted by atomic mass is 9.86. The Labute approximate surface area is 67.9 Å². The molecule has 2 fully saturated rings. The summed E-state index contributed by atoms with van der Waals surface area (Å²) in [5.41, 5.74) is 0. The minimum absolute atomic E-state index is 0.186. The second-order valence-electron chi connectivity index (χ2n) is 3.55. The molecule has 1 saturated carbocycles. The normalized spacial score (nSPS) is 31.4. The Morgan fingerprint density at radius 3 is 2.18 bits per heavy atom. The van der Waals surface area contributed by atoms with Gasteiger partial charge in [0.15, 0.2) is 5.79 Å². The average molecular weight is 155 g/mol. The zero-order valence-electron chi connectivity index (χ0n) is 6.84. The van der Waals surface area contributed by atoms with Crippen LogP contribution < -0.4 is 0 Å². The first-order valence-electron chi connectivity index (χ1n) is 4.42. The van der Waals surface area contributed by atoms with Gasteiger partial charge in [-0.25, -0.2) is 0 Å². The van der Waals surface area contributed by atoms with Gasteiger partial charge in [-0.1, -0.05) is 6.92 Å². The van der Waals surface area contributed by atoms with Crippen LogP contribution in [0.3, 0.4) is 0 Å². The fourth-order valence-corrected chi connectivity index (χ4v) is 1.90. The highest BCUT2D eigenvalue weighted by molar-refractivity contribution is 4.82. The van der Waals surface area contributed by atoms with Gasteiger partial charge in [-0.2, -0.15) is 0 Å².